The Morgan fingerprint density at radius 3 is 2.46 bits per heavy atom. The summed E-state index contributed by atoms with van der Waals surface area (Å²) in [6, 6.07) is 9.20. The predicted molar refractivity (Wildman–Crippen MR) is 97.4 cm³/mol. The summed E-state index contributed by atoms with van der Waals surface area (Å²) in [6.07, 6.45) is 1.63. The second-order valence-corrected chi connectivity index (χ2v) is 6.36. The maximum absolute atomic E-state index is 13.8. The monoisotopic (exact) mass is 356 g/mol. The highest BCUT2D eigenvalue weighted by atomic mass is 19.1. The first-order valence-electron chi connectivity index (χ1n) is 8.53. The molecule has 1 amide bonds. The molecule has 2 heterocycles. The fraction of sp³-hybridized carbons (Fsp3) is 0.316. The molecule has 0 aliphatic carbocycles. The number of hydrogen-bond acceptors (Lipinski definition) is 5. The van der Waals surface area contributed by atoms with Crippen molar-refractivity contribution in [2.45, 2.75) is 25.8 Å². The molecule has 0 radical (unpaired) electrons. The largest absolute Gasteiger partial charge is 0.383 e. The number of ketones is 1. The number of rotatable bonds is 4. The SMILES string of the molecule is CC(=O)N1CCC(Nc2ccc(C(=O)c3ccccc3F)c(N)n2)CC1. The van der Waals surface area contributed by atoms with E-state index in [4.69, 9.17) is 5.73 Å². The second kappa shape index (κ2) is 7.51. The van der Waals surface area contributed by atoms with Gasteiger partial charge in [-0.2, -0.15) is 0 Å². The van der Waals surface area contributed by atoms with Crippen LogP contribution in [0.25, 0.3) is 0 Å². The van der Waals surface area contributed by atoms with Gasteiger partial charge >= 0.3 is 0 Å². The van der Waals surface area contributed by atoms with Crippen molar-refractivity contribution in [2.75, 3.05) is 24.1 Å². The number of nitrogen functional groups attached to an aromatic ring is 1. The Bertz CT molecular complexity index is 832. The lowest BCUT2D eigenvalue weighted by Gasteiger charge is -2.32. The molecule has 0 bridgehead atoms. The maximum atomic E-state index is 13.8. The minimum Gasteiger partial charge on any atom is -0.383 e. The summed E-state index contributed by atoms with van der Waals surface area (Å²) >= 11 is 0. The molecule has 1 saturated heterocycles. The molecule has 3 rings (SSSR count). The lowest BCUT2D eigenvalue weighted by Crippen LogP contribution is -2.41. The summed E-state index contributed by atoms with van der Waals surface area (Å²) in [6.45, 7) is 2.97. The first kappa shape index (κ1) is 17.8. The third-order valence-corrected chi connectivity index (χ3v) is 4.58. The number of likely N-dealkylation sites (tertiary alicyclic amines) is 1. The van der Waals surface area contributed by atoms with Gasteiger partial charge in [0.15, 0.2) is 5.78 Å². The number of benzene rings is 1. The molecular formula is C19H21FN4O2. The molecule has 26 heavy (non-hydrogen) atoms. The van der Waals surface area contributed by atoms with Gasteiger partial charge in [0.05, 0.1) is 11.1 Å². The van der Waals surface area contributed by atoms with Gasteiger partial charge < -0.3 is 16.0 Å². The van der Waals surface area contributed by atoms with Gasteiger partial charge in [0.2, 0.25) is 5.91 Å². The van der Waals surface area contributed by atoms with Gasteiger partial charge in [-0.15, -0.1) is 0 Å². The summed E-state index contributed by atoms with van der Waals surface area (Å²) in [7, 11) is 0. The molecular weight excluding hydrogens is 335 g/mol. The molecule has 3 N–H and O–H groups in total. The minimum absolute atomic E-state index is 0.0293. The van der Waals surface area contributed by atoms with Gasteiger partial charge in [0, 0.05) is 26.1 Å². The van der Waals surface area contributed by atoms with Crippen molar-refractivity contribution in [3.63, 3.8) is 0 Å². The molecule has 136 valence electrons. The van der Waals surface area contributed by atoms with E-state index in [1.165, 1.54) is 18.2 Å². The molecule has 1 aromatic heterocycles. The van der Waals surface area contributed by atoms with Crippen molar-refractivity contribution >= 4 is 23.3 Å². The molecule has 1 fully saturated rings. The molecule has 0 saturated carbocycles. The number of anilines is 2. The van der Waals surface area contributed by atoms with Crippen molar-refractivity contribution in [2.24, 2.45) is 0 Å². The van der Waals surface area contributed by atoms with E-state index in [1.807, 2.05) is 4.90 Å². The first-order chi connectivity index (χ1) is 12.5. The fourth-order valence-corrected chi connectivity index (χ4v) is 3.09. The molecule has 1 aromatic carbocycles. The highest BCUT2D eigenvalue weighted by Gasteiger charge is 2.22. The van der Waals surface area contributed by atoms with Crippen LogP contribution in [-0.2, 0) is 4.79 Å². The summed E-state index contributed by atoms with van der Waals surface area (Å²) in [4.78, 5) is 29.9. The van der Waals surface area contributed by atoms with Gasteiger partial charge in [0.1, 0.15) is 17.5 Å². The second-order valence-electron chi connectivity index (χ2n) is 6.36. The Labute approximate surface area is 151 Å². The number of hydrogen-bond donors (Lipinski definition) is 2. The van der Waals surface area contributed by atoms with Gasteiger partial charge in [0.25, 0.3) is 0 Å². The van der Waals surface area contributed by atoms with Crippen molar-refractivity contribution in [1.82, 2.24) is 9.88 Å². The van der Waals surface area contributed by atoms with Crippen LogP contribution >= 0.6 is 0 Å². The van der Waals surface area contributed by atoms with E-state index in [-0.39, 0.29) is 28.9 Å². The number of carbonyl (C=O) groups is 2. The van der Waals surface area contributed by atoms with E-state index in [0.717, 1.165) is 12.8 Å². The average molecular weight is 356 g/mol. The third-order valence-electron chi connectivity index (χ3n) is 4.58. The number of nitrogens with one attached hydrogen (secondary N) is 1. The van der Waals surface area contributed by atoms with Crippen LogP contribution in [0.3, 0.4) is 0 Å². The van der Waals surface area contributed by atoms with E-state index < -0.39 is 11.6 Å². The standard InChI is InChI=1S/C19H21FN4O2/c1-12(25)24-10-8-13(9-11-24)22-17-7-6-15(19(21)23-17)18(26)14-4-2-3-5-16(14)20/h2-7,13H,8-11H2,1H3,(H3,21,22,23). The quantitative estimate of drug-likeness (QED) is 0.822. The molecule has 0 spiro atoms. The zero-order valence-electron chi connectivity index (χ0n) is 14.5. The normalized spacial score (nSPS) is 14.9. The number of halogens is 1. The van der Waals surface area contributed by atoms with Crippen molar-refractivity contribution in [3.8, 4) is 0 Å². The molecule has 0 atom stereocenters. The Balaban J connectivity index is 1.69. The Kier molecular flexibility index (Phi) is 5.16. The van der Waals surface area contributed by atoms with Gasteiger partial charge in [-0.1, -0.05) is 12.1 Å². The van der Waals surface area contributed by atoms with E-state index in [0.29, 0.717) is 18.9 Å². The smallest absolute Gasteiger partial charge is 0.219 e. The van der Waals surface area contributed by atoms with Crippen LogP contribution in [0.2, 0.25) is 0 Å². The summed E-state index contributed by atoms with van der Waals surface area (Å²) < 4.78 is 13.8. The van der Waals surface area contributed by atoms with Gasteiger partial charge in [-0.3, -0.25) is 9.59 Å². The number of aromatic nitrogens is 1. The number of carbonyl (C=O) groups excluding carboxylic acids is 2. The lowest BCUT2D eigenvalue weighted by molar-refractivity contribution is -0.129. The molecule has 7 heteroatoms. The lowest BCUT2D eigenvalue weighted by atomic mass is 10.0. The summed E-state index contributed by atoms with van der Waals surface area (Å²) in [5.74, 6) is -0.370. The molecule has 1 aliphatic rings. The number of nitrogens with zero attached hydrogens (tertiary/aromatic N) is 2. The third kappa shape index (κ3) is 3.82. The van der Waals surface area contributed by atoms with E-state index >= 15 is 0 Å². The van der Waals surface area contributed by atoms with Crippen LogP contribution in [0.15, 0.2) is 36.4 Å². The van der Waals surface area contributed by atoms with Crippen LogP contribution < -0.4 is 11.1 Å². The van der Waals surface area contributed by atoms with E-state index in [1.54, 1.807) is 25.1 Å². The molecule has 6 nitrogen and oxygen atoms in total. The fourth-order valence-electron chi connectivity index (χ4n) is 3.09. The van der Waals surface area contributed by atoms with Crippen molar-refractivity contribution in [3.05, 3.63) is 53.3 Å². The predicted octanol–water partition coefficient (Wildman–Crippen LogP) is 2.46. The van der Waals surface area contributed by atoms with E-state index in [9.17, 15) is 14.0 Å². The minimum atomic E-state index is -0.587. The maximum Gasteiger partial charge on any atom is 0.219 e. The zero-order valence-corrected chi connectivity index (χ0v) is 14.5. The number of amides is 1. The average Bonchev–Trinajstić information content (AvgIpc) is 2.62. The topological polar surface area (TPSA) is 88.3 Å². The van der Waals surface area contributed by atoms with Gasteiger partial charge in [-0.05, 0) is 37.1 Å². The van der Waals surface area contributed by atoms with Crippen molar-refractivity contribution in [1.29, 1.82) is 0 Å². The van der Waals surface area contributed by atoms with Crippen LogP contribution in [-0.4, -0.2) is 40.7 Å². The summed E-state index contributed by atoms with van der Waals surface area (Å²) in [5.41, 5.74) is 6.07. The van der Waals surface area contributed by atoms with Crippen molar-refractivity contribution < 1.29 is 14.0 Å². The number of piperidine rings is 1. The van der Waals surface area contributed by atoms with Crippen LogP contribution in [0, 0.1) is 5.82 Å². The Hall–Kier alpha value is -2.96. The van der Waals surface area contributed by atoms with Crippen LogP contribution in [0.5, 0.6) is 0 Å². The van der Waals surface area contributed by atoms with Gasteiger partial charge in [-0.25, -0.2) is 9.37 Å². The van der Waals surface area contributed by atoms with E-state index in [2.05, 4.69) is 10.3 Å². The molecule has 1 aliphatic heterocycles. The Morgan fingerprint density at radius 2 is 1.85 bits per heavy atom. The molecule has 2 aromatic rings. The number of pyridine rings is 1. The molecule has 0 unspecified atom stereocenters. The zero-order chi connectivity index (χ0) is 18.7. The Morgan fingerprint density at radius 1 is 1.15 bits per heavy atom. The highest BCUT2D eigenvalue weighted by molar-refractivity contribution is 6.11. The number of nitrogens with two attached hydrogens (primary N) is 1. The van der Waals surface area contributed by atoms with Crippen LogP contribution in [0.4, 0.5) is 16.0 Å². The highest BCUT2D eigenvalue weighted by Crippen LogP contribution is 2.21. The first-order valence-corrected chi connectivity index (χ1v) is 8.53. The summed E-state index contributed by atoms with van der Waals surface area (Å²) in [5, 5.41) is 3.28. The van der Waals surface area contributed by atoms with Crippen LogP contribution in [0.1, 0.15) is 35.7 Å².